The van der Waals surface area contributed by atoms with Gasteiger partial charge in [-0.2, -0.15) is 0 Å². The molecule has 0 unspecified atom stereocenters. The maximum atomic E-state index is 13.8. The molecular formula is C31H34N4O5S. The van der Waals surface area contributed by atoms with E-state index in [1.54, 1.807) is 30.3 Å². The van der Waals surface area contributed by atoms with Gasteiger partial charge in [0, 0.05) is 35.8 Å². The Morgan fingerprint density at radius 2 is 1.68 bits per heavy atom. The lowest BCUT2D eigenvalue weighted by Crippen LogP contribution is -2.35. The van der Waals surface area contributed by atoms with Crippen molar-refractivity contribution in [3.63, 3.8) is 0 Å². The summed E-state index contributed by atoms with van der Waals surface area (Å²) in [6.07, 6.45) is 7.98. The fourth-order valence-electron chi connectivity index (χ4n) is 5.35. The van der Waals surface area contributed by atoms with Crippen molar-refractivity contribution < 1.29 is 23.9 Å². The van der Waals surface area contributed by atoms with Gasteiger partial charge in [-0.05, 0) is 68.4 Å². The molecule has 2 fully saturated rings. The molecule has 214 valence electrons. The normalized spacial score (nSPS) is 16.9. The Labute approximate surface area is 244 Å². The van der Waals surface area contributed by atoms with Crippen LogP contribution in [0.5, 0.6) is 5.75 Å². The number of para-hydroxylation sites is 1. The number of ether oxygens (including phenoxy) is 2. The van der Waals surface area contributed by atoms with Gasteiger partial charge >= 0.3 is 5.97 Å². The third-order valence-corrected chi connectivity index (χ3v) is 7.83. The molecular weight excluding hydrogens is 540 g/mol. The van der Waals surface area contributed by atoms with Crippen LogP contribution in [0.2, 0.25) is 0 Å². The van der Waals surface area contributed by atoms with Crippen molar-refractivity contribution in [1.82, 2.24) is 14.4 Å². The second kappa shape index (κ2) is 12.6. The fraction of sp³-hybridized carbons (Fsp3) is 0.355. The van der Waals surface area contributed by atoms with Crippen LogP contribution in [0.3, 0.4) is 0 Å². The van der Waals surface area contributed by atoms with E-state index >= 15 is 0 Å². The number of methoxy groups -OCH3 is 1. The molecule has 2 amide bonds. The zero-order valence-electron chi connectivity index (χ0n) is 23.4. The second-order valence-corrected chi connectivity index (χ2v) is 10.4. The Morgan fingerprint density at radius 1 is 0.976 bits per heavy atom. The van der Waals surface area contributed by atoms with E-state index in [1.165, 1.54) is 16.9 Å². The highest BCUT2D eigenvalue weighted by molar-refractivity contribution is 7.80. The van der Waals surface area contributed by atoms with Crippen LogP contribution < -0.4 is 9.64 Å². The first-order chi connectivity index (χ1) is 19.9. The molecule has 3 heterocycles. The van der Waals surface area contributed by atoms with E-state index in [1.807, 2.05) is 46.9 Å². The number of likely N-dealkylation sites (tertiary alicyclic amines) is 1. The van der Waals surface area contributed by atoms with Crippen LogP contribution in [0.1, 0.15) is 38.2 Å². The first-order valence-electron chi connectivity index (χ1n) is 13.9. The van der Waals surface area contributed by atoms with Gasteiger partial charge in [0.05, 0.1) is 19.4 Å². The average molecular weight is 575 g/mol. The van der Waals surface area contributed by atoms with Crippen LogP contribution in [-0.2, 0) is 25.7 Å². The molecule has 41 heavy (non-hydrogen) atoms. The summed E-state index contributed by atoms with van der Waals surface area (Å²) >= 11 is 5.70. The summed E-state index contributed by atoms with van der Waals surface area (Å²) in [6.45, 7) is 3.98. The fourth-order valence-corrected chi connectivity index (χ4v) is 5.70. The molecule has 0 radical (unpaired) electrons. The summed E-state index contributed by atoms with van der Waals surface area (Å²) < 4.78 is 12.4. The van der Waals surface area contributed by atoms with Crippen LogP contribution in [0, 0.1) is 0 Å². The highest BCUT2D eigenvalue weighted by Crippen LogP contribution is 2.32. The zero-order chi connectivity index (χ0) is 28.9. The molecule has 2 aromatic carbocycles. The quantitative estimate of drug-likeness (QED) is 0.221. The number of fused-ring (bicyclic) bond motifs is 1. The summed E-state index contributed by atoms with van der Waals surface area (Å²) in [6, 6.07) is 14.8. The predicted octanol–water partition coefficient (Wildman–Crippen LogP) is 4.59. The first kappa shape index (κ1) is 28.4. The van der Waals surface area contributed by atoms with Gasteiger partial charge in [0.15, 0.2) is 5.11 Å². The van der Waals surface area contributed by atoms with Crippen LogP contribution in [-0.4, -0.2) is 70.6 Å². The summed E-state index contributed by atoms with van der Waals surface area (Å²) in [5.74, 6) is -0.122. The highest BCUT2D eigenvalue weighted by atomic mass is 32.1. The smallest absolute Gasteiger partial charge is 0.325 e. The van der Waals surface area contributed by atoms with Gasteiger partial charge in [-0.15, -0.1) is 0 Å². The molecule has 3 aromatic rings. The molecule has 0 spiro atoms. The maximum absolute atomic E-state index is 13.8. The molecule has 0 saturated carbocycles. The third kappa shape index (κ3) is 5.97. The van der Waals surface area contributed by atoms with Gasteiger partial charge in [-0.25, -0.2) is 0 Å². The Bertz CT molecular complexity index is 1490. The van der Waals surface area contributed by atoms with Gasteiger partial charge in [0.25, 0.3) is 5.91 Å². The molecule has 0 bridgehead atoms. The summed E-state index contributed by atoms with van der Waals surface area (Å²) in [5.41, 5.74) is 2.44. The number of hydrogen-bond donors (Lipinski definition) is 0. The summed E-state index contributed by atoms with van der Waals surface area (Å²) in [7, 11) is 1.30. The lowest BCUT2D eigenvalue weighted by molar-refractivity contribution is -0.140. The summed E-state index contributed by atoms with van der Waals surface area (Å²) in [5, 5.41) is 1.07. The Balaban J connectivity index is 1.51. The van der Waals surface area contributed by atoms with Gasteiger partial charge in [-0.3, -0.25) is 19.3 Å². The number of carbonyl (C=O) groups is 3. The lowest BCUT2D eigenvalue weighted by Gasteiger charge is -2.20. The zero-order valence-corrected chi connectivity index (χ0v) is 24.2. The van der Waals surface area contributed by atoms with E-state index in [2.05, 4.69) is 0 Å². The maximum Gasteiger partial charge on any atom is 0.325 e. The minimum Gasteiger partial charge on any atom is -0.494 e. The minimum absolute atomic E-state index is 0.0824. The number of aromatic nitrogens is 1. The largest absolute Gasteiger partial charge is 0.494 e. The van der Waals surface area contributed by atoms with Gasteiger partial charge < -0.3 is 23.8 Å². The number of rotatable bonds is 8. The Kier molecular flexibility index (Phi) is 8.68. The van der Waals surface area contributed by atoms with Crippen molar-refractivity contribution >= 4 is 57.8 Å². The van der Waals surface area contributed by atoms with Crippen LogP contribution in [0.4, 0.5) is 5.69 Å². The molecule has 0 aliphatic carbocycles. The Hall–Kier alpha value is -4.18. The van der Waals surface area contributed by atoms with Gasteiger partial charge in [-0.1, -0.05) is 31.0 Å². The molecule has 2 aliphatic rings. The molecule has 2 saturated heterocycles. The van der Waals surface area contributed by atoms with Gasteiger partial charge in [0.2, 0.25) is 5.91 Å². The van der Waals surface area contributed by atoms with E-state index in [0.717, 1.165) is 55.2 Å². The summed E-state index contributed by atoms with van der Waals surface area (Å²) in [4.78, 5) is 44.3. The number of nitrogens with zero attached hydrogens (tertiary/aromatic N) is 4. The molecule has 0 atom stereocenters. The van der Waals surface area contributed by atoms with Crippen molar-refractivity contribution in [2.24, 2.45) is 0 Å². The van der Waals surface area contributed by atoms with Crippen molar-refractivity contribution in [2.45, 2.75) is 39.2 Å². The number of hydrogen-bond acceptors (Lipinski definition) is 6. The second-order valence-electron chi connectivity index (χ2n) is 10.1. The van der Waals surface area contributed by atoms with Crippen molar-refractivity contribution in [3.8, 4) is 5.75 Å². The lowest BCUT2D eigenvalue weighted by atomic mass is 10.1. The number of thiocarbonyl (C=S) groups is 1. The highest BCUT2D eigenvalue weighted by Gasteiger charge is 2.40. The molecule has 10 heteroatoms. The predicted molar refractivity (Wildman–Crippen MR) is 161 cm³/mol. The molecule has 9 nitrogen and oxygen atoms in total. The number of anilines is 1. The number of esters is 1. The van der Waals surface area contributed by atoms with E-state index in [4.69, 9.17) is 21.7 Å². The van der Waals surface area contributed by atoms with Gasteiger partial charge in [0.1, 0.15) is 24.5 Å². The monoisotopic (exact) mass is 574 g/mol. The van der Waals surface area contributed by atoms with E-state index in [9.17, 15) is 14.4 Å². The van der Waals surface area contributed by atoms with Crippen molar-refractivity contribution in [2.75, 3.05) is 38.3 Å². The molecule has 5 rings (SSSR count). The average Bonchev–Trinajstić information content (AvgIpc) is 3.25. The van der Waals surface area contributed by atoms with E-state index in [-0.39, 0.29) is 35.7 Å². The molecule has 1 aromatic heterocycles. The van der Waals surface area contributed by atoms with Crippen molar-refractivity contribution in [3.05, 3.63) is 66.0 Å². The topological polar surface area (TPSA) is 84.3 Å². The number of carbonyl (C=O) groups excluding carboxylic acids is 3. The molecule has 0 N–H and O–H groups in total. The van der Waals surface area contributed by atoms with Crippen LogP contribution in [0.15, 0.2) is 60.4 Å². The van der Waals surface area contributed by atoms with E-state index in [0.29, 0.717) is 18.0 Å². The Morgan fingerprint density at radius 3 is 2.37 bits per heavy atom. The van der Waals surface area contributed by atoms with E-state index < -0.39 is 5.97 Å². The number of benzene rings is 2. The number of amides is 2. The van der Waals surface area contributed by atoms with Crippen LogP contribution >= 0.6 is 12.2 Å². The first-order valence-corrected chi connectivity index (χ1v) is 14.3. The molecule has 2 aliphatic heterocycles. The third-order valence-electron chi connectivity index (χ3n) is 7.43. The SMILES string of the molecule is CCOc1ccc(N2C(=O)/C(=C/c3cn(CC(=O)N4CCCCCC4)c4ccccc34)N(CC(=O)OC)C2=S)cc1. The van der Waals surface area contributed by atoms with Crippen molar-refractivity contribution in [1.29, 1.82) is 0 Å². The minimum atomic E-state index is -0.523. The standard InChI is InChI=1S/C31H34N4O5S/c1-3-40-24-14-12-23(13-15-24)35-30(38)27(34(31(35)41)21-29(37)39-2)18-22-19-33(26-11-7-6-10-25(22)26)20-28(36)32-16-8-4-5-9-17-32/h6-7,10-15,18-19H,3-5,8-9,16-17,20-21H2,1-2H3/b27-18-. The van der Waals surface area contributed by atoms with Crippen LogP contribution in [0.25, 0.3) is 17.0 Å².